The highest BCUT2D eigenvalue weighted by Gasteiger charge is 2.72. The smallest absolute Gasteiger partial charge is 0.303 e. The maximum Gasteiger partial charge on any atom is 0.303 e. The minimum Gasteiger partial charge on any atom is -0.463 e. The van der Waals surface area contributed by atoms with E-state index in [1.54, 1.807) is 0 Å². The van der Waals surface area contributed by atoms with E-state index in [-0.39, 0.29) is 47.7 Å². The van der Waals surface area contributed by atoms with Crippen molar-refractivity contribution in [3.05, 3.63) is 23.3 Å². The molecular weight excluding hydrogens is 845 g/mol. The molecule has 0 spiro atoms. The molecule has 19 unspecified atom stereocenters. The van der Waals surface area contributed by atoms with Crippen LogP contribution in [0, 0.1) is 45.3 Å². The van der Waals surface area contributed by atoms with Crippen LogP contribution in [0.1, 0.15) is 128 Å². The number of hydrogen-bond acceptors (Lipinski definition) is 16. The second-order valence-electron chi connectivity index (χ2n) is 21.5. The van der Waals surface area contributed by atoms with Gasteiger partial charge in [-0.1, -0.05) is 64.8 Å². The molecule has 0 radical (unpaired) electrons. The highest BCUT2D eigenvalue weighted by molar-refractivity contribution is 5.68. The number of carbonyl (C=O) groups is 4. The number of hydrogen-bond donors (Lipinski definition) is 4. The van der Waals surface area contributed by atoms with E-state index in [4.69, 9.17) is 37.9 Å². The van der Waals surface area contributed by atoms with Crippen molar-refractivity contribution in [1.29, 1.82) is 0 Å². The Hall–Kier alpha value is -2.96. The third-order valence-corrected chi connectivity index (χ3v) is 16.6. The van der Waals surface area contributed by atoms with Gasteiger partial charge in [0.25, 0.3) is 0 Å². The summed E-state index contributed by atoms with van der Waals surface area (Å²) in [5.74, 6) is -2.55. The van der Waals surface area contributed by atoms with Crippen LogP contribution in [-0.2, 0) is 57.1 Å². The molecule has 5 fully saturated rings. The van der Waals surface area contributed by atoms with Crippen molar-refractivity contribution >= 4 is 23.9 Å². The molecule has 0 aromatic rings. The van der Waals surface area contributed by atoms with Gasteiger partial charge in [-0.15, -0.1) is 0 Å². The first-order valence-electron chi connectivity index (χ1n) is 23.6. The fraction of sp³-hybridized carbons (Fsp3) is 0.837. The van der Waals surface area contributed by atoms with E-state index in [0.717, 1.165) is 37.7 Å². The Morgan fingerprint density at radius 3 is 2.03 bits per heavy atom. The van der Waals surface area contributed by atoms with Crippen LogP contribution in [0.25, 0.3) is 0 Å². The summed E-state index contributed by atoms with van der Waals surface area (Å²) in [6.07, 6.45) is -3.89. The Morgan fingerprint density at radius 1 is 0.769 bits per heavy atom. The van der Waals surface area contributed by atoms with Crippen LogP contribution in [0.5, 0.6) is 0 Å². The molecule has 3 saturated carbocycles. The van der Waals surface area contributed by atoms with Gasteiger partial charge < -0.3 is 58.3 Å². The molecule has 0 amide bonds. The average Bonchev–Trinajstić information content (AvgIpc) is 3.42. The van der Waals surface area contributed by atoms with E-state index in [1.807, 2.05) is 6.08 Å². The minimum atomic E-state index is -1.59. The number of rotatable bonds is 13. The zero-order valence-corrected chi connectivity index (χ0v) is 40.4. The van der Waals surface area contributed by atoms with Gasteiger partial charge >= 0.3 is 23.9 Å². The summed E-state index contributed by atoms with van der Waals surface area (Å²) in [5, 5.41) is 47.0. The van der Waals surface area contributed by atoms with E-state index in [9.17, 15) is 39.6 Å². The van der Waals surface area contributed by atoms with Crippen molar-refractivity contribution in [2.45, 2.75) is 202 Å². The van der Waals surface area contributed by atoms with Gasteiger partial charge in [0, 0.05) is 39.0 Å². The Kier molecular flexibility index (Phi) is 15.5. The Morgan fingerprint density at radius 2 is 1.42 bits per heavy atom. The highest BCUT2D eigenvalue weighted by atomic mass is 16.7. The maximum absolute atomic E-state index is 12.7. The molecule has 2 saturated heterocycles. The number of allylic oxidation sites excluding steroid dienone is 2. The van der Waals surface area contributed by atoms with Crippen molar-refractivity contribution in [3.8, 4) is 0 Å². The van der Waals surface area contributed by atoms with Crippen LogP contribution >= 0.6 is 0 Å². The Balaban J connectivity index is 1.30. The minimum absolute atomic E-state index is 0.0509. The molecule has 2 aliphatic heterocycles. The second-order valence-corrected chi connectivity index (χ2v) is 21.5. The summed E-state index contributed by atoms with van der Waals surface area (Å²) in [6.45, 7) is 21.9. The predicted molar refractivity (Wildman–Crippen MR) is 233 cm³/mol. The van der Waals surface area contributed by atoms with Gasteiger partial charge in [-0.05, 0) is 92.8 Å². The third kappa shape index (κ3) is 9.84. The first kappa shape index (κ1) is 51.4. The van der Waals surface area contributed by atoms with Crippen LogP contribution in [0.2, 0.25) is 0 Å². The van der Waals surface area contributed by atoms with Gasteiger partial charge in [-0.2, -0.15) is 0 Å². The molecule has 4 N–H and O–H groups in total. The summed E-state index contributed by atoms with van der Waals surface area (Å²) in [6, 6.07) is 0. The van der Waals surface area contributed by atoms with Crippen LogP contribution in [-0.4, -0.2) is 131 Å². The number of fused-ring (bicyclic) bond motifs is 5. The fourth-order valence-electron chi connectivity index (χ4n) is 13.6. The predicted octanol–water partition coefficient (Wildman–Crippen LogP) is 4.85. The van der Waals surface area contributed by atoms with Gasteiger partial charge in [-0.3, -0.25) is 19.2 Å². The largest absolute Gasteiger partial charge is 0.463 e. The second kappa shape index (κ2) is 19.6. The molecule has 6 rings (SSSR count). The molecule has 0 aromatic heterocycles. The lowest BCUT2D eigenvalue weighted by Gasteiger charge is -2.67. The zero-order valence-electron chi connectivity index (χ0n) is 40.4. The molecule has 6 aliphatic rings. The summed E-state index contributed by atoms with van der Waals surface area (Å²) in [7, 11) is 0. The summed E-state index contributed by atoms with van der Waals surface area (Å²) in [5.41, 5.74) is 0.509. The normalized spacial score (nSPS) is 43.6. The quantitative estimate of drug-likeness (QED) is 0.110. The number of ether oxygens (including phenoxy) is 8. The van der Waals surface area contributed by atoms with Crippen LogP contribution < -0.4 is 0 Å². The number of aliphatic hydroxyl groups excluding tert-OH is 4. The van der Waals surface area contributed by atoms with Crippen LogP contribution in [0.15, 0.2) is 23.3 Å². The number of carbonyl (C=O) groups excluding carboxylic acids is 4. The fourth-order valence-corrected chi connectivity index (χ4v) is 13.6. The lowest BCUT2D eigenvalue weighted by Crippen LogP contribution is -2.63. The number of esters is 4. The van der Waals surface area contributed by atoms with E-state index >= 15 is 0 Å². The first-order chi connectivity index (χ1) is 30.3. The van der Waals surface area contributed by atoms with Crippen molar-refractivity contribution < 1.29 is 77.5 Å². The number of aliphatic hydroxyl groups is 4. The lowest BCUT2D eigenvalue weighted by molar-refractivity contribution is -0.317. The van der Waals surface area contributed by atoms with Gasteiger partial charge in [0.15, 0.2) is 30.9 Å². The summed E-state index contributed by atoms with van der Waals surface area (Å²) >= 11 is 0. The summed E-state index contributed by atoms with van der Waals surface area (Å²) in [4.78, 5) is 47.8. The topological polar surface area (TPSA) is 223 Å². The van der Waals surface area contributed by atoms with Crippen molar-refractivity contribution in [1.82, 2.24) is 0 Å². The van der Waals surface area contributed by atoms with Crippen molar-refractivity contribution in [2.24, 2.45) is 45.3 Å². The molecule has 65 heavy (non-hydrogen) atoms. The monoisotopic (exact) mass is 921 g/mol. The molecule has 4 aliphatic carbocycles. The molecular formula is C49H76O16. The van der Waals surface area contributed by atoms with Crippen LogP contribution in [0.4, 0.5) is 0 Å². The molecule has 16 nitrogen and oxygen atoms in total. The van der Waals surface area contributed by atoms with Crippen molar-refractivity contribution in [2.75, 3.05) is 13.2 Å². The van der Waals surface area contributed by atoms with Crippen LogP contribution in [0.3, 0.4) is 0 Å². The Bertz CT molecular complexity index is 1830. The van der Waals surface area contributed by atoms with Gasteiger partial charge in [0.1, 0.15) is 31.0 Å². The molecule has 0 aromatic carbocycles. The molecule has 368 valence electrons. The Labute approximate surface area is 384 Å². The van der Waals surface area contributed by atoms with Crippen molar-refractivity contribution in [3.63, 3.8) is 0 Å². The SMILES string of the molecule is CC(=O)OCC1OC(OC2CC3(C)C4C(O)C=C5C(CCC(OC6OCC(OC(C)=O)C(OC(C)=O)C6O)C5(C)C)C4(C)CCC3(C)C2C(C)CCC=C(C)C)C(O)C(O)C1OC(C)=O. The molecule has 2 heterocycles. The van der Waals surface area contributed by atoms with E-state index in [1.165, 1.54) is 33.3 Å². The molecule has 0 bridgehead atoms. The molecule has 19 atom stereocenters. The standard InChI is InChI=1S/C49H76O16/c1-24(2)14-13-15-25(3)37-33(63-45-39(56)38(55)41(61-28(6)52)35(64-45)22-58-26(4)50)21-49(12)43-32(54)20-31-30(47(43,10)18-19-48(37,49)11)16-17-36(46(31,8)9)65-44-40(57)42(62-29(7)53)34(23-59-44)60-27(5)51/h14,20,25,30,32-45,54-57H,13,15-19,21-23H2,1-12H3. The van der Waals surface area contributed by atoms with Gasteiger partial charge in [0.05, 0.1) is 24.9 Å². The summed E-state index contributed by atoms with van der Waals surface area (Å²) < 4.78 is 47.1. The lowest BCUT2D eigenvalue weighted by atomic mass is 9.38. The maximum atomic E-state index is 12.7. The first-order valence-corrected chi connectivity index (χ1v) is 23.6. The van der Waals surface area contributed by atoms with E-state index in [0.29, 0.717) is 12.8 Å². The molecule has 16 heteroatoms. The van der Waals surface area contributed by atoms with Gasteiger partial charge in [0.2, 0.25) is 0 Å². The van der Waals surface area contributed by atoms with E-state index < -0.39 is 108 Å². The van der Waals surface area contributed by atoms with Gasteiger partial charge in [-0.25, -0.2) is 0 Å². The third-order valence-electron chi connectivity index (χ3n) is 16.6. The van der Waals surface area contributed by atoms with E-state index in [2.05, 4.69) is 61.5 Å². The average molecular weight is 921 g/mol. The zero-order chi connectivity index (χ0) is 48.1. The highest BCUT2D eigenvalue weighted by Crippen LogP contribution is 2.75.